The Kier molecular flexibility index (Phi) is 7.73. The molecule has 0 spiro atoms. The number of hydrogen-bond acceptors (Lipinski definition) is 7. The Morgan fingerprint density at radius 3 is 2.52 bits per heavy atom. The Morgan fingerprint density at radius 1 is 1.10 bits per heavy atom. The van der Waals surface area contributed by atoms with Crippen molar-refractivity contribution in [1.29, 1.82) is 5.26 Å². The third kappa shape index (κ3) is 5.98. The summed E-state index contributed by atoms with van der Waals surface area (Å²) in [7, 11) is 0. The molecular formula is C31H31F2N5O4. The molecule has 2 aromatic carbocycles. The molecular weight excluding hydrogens is 544 g/mol. The number of pyridine rings is 1. The van der Waals surface area contributed by atoms with Gasteiger partial charge in [0, 0.05) is 54.7 Å². The van der Waals surface area contributed by atoms with Gasteiger partial charge in [0.25, 0.3) is 5.91 Å². The molecule has 0 unspecified atom stereocenters. The number of piperidine rings is 1. The molecule has 42 heavy (non-hydrogen) atoms. The van der Waals surface area contributed by atoms with E-state index in [-0.39, 0.29) is 51.7 Å². The van der Waals surface area contributed by atoms with Gasteiger partial charge in [-0.05, 0) is 68.7 Å². The van der Waals surface area contributed by atoms with Gasteiger partial charge in [0.1, 0.15) is 35.2 Å². The Hall–Kier alpha value is -4.72. The first-order chi connectivity index (χ1) is 19.9. The van der Waals surface area contributed by atoms with Gasteiger partial charge in [-0.1, -0.05) is 6.07 Å². The SMILES string of the molecule is CC(C)(C)OC(=O)N1CCC(Oc2ccc(-c3cc(-c4cc5c(cc4F)C(=O)NCC5)c(N)nc3F)cc2C#N)CC1. The van der Waals surface area contributed by atoms with Crippen molar-refractivity contribution in [3.8, 4) is 34.1 Å². The van der Waals surface area contributed by atoms with Crippen molar-refractivity contribution in [2.24, 2.45) is 0 Å². The molecule has 5 rings (SSSR count). The zero-order valence-corrected chi connectivity index (χ0v) is 23.6. The fourth-order valence-electron chi connectivity index (χ4n) is 5.12. The standard InChI is InChI=1S/C31H31F2N5O4/c1-31(2,3)42-30(40)38-10-7-20(8-11-38)41-26-5-4-17(12-19(26)16-34)21-14-24(28(35)37-27(21)33)23-13-18-6-9-36-29(39)22(18)15-25(23)32/h4-5,12-15,20H,6-11H2,1-3H3,(H2,35,37)(H,36,39). The van der Waals surface area contributed by atoms with Crippen molar-refractivity contribution >= 4 is 17.8 Å². The van der Waals surface area contributed by atoms with Gasteiger partial charge >= 0.3 is 6.09 Å². The summed E-state index contributed by atoms with van der Waals surface area (Å²) >= 11 is 0. The normalized spacial score (nSPS) is 15.4. The smallest absolute Gasteiger partial charge is 0.410 e. The topological polar surface area (TPSA) is 131 Å². The number of rotatable bonds is 4. The van der Waals surface area contributed by atoms with E-state index in [0.717, 1.165) is 6.07 Å². The van der Waals surface area contributed by atoms with Crippen LogP contribution in [0.1, 0.15) is 55.1 Å². The lowest BCUT2D eigenvalue weighted by Crippen LogP contribution is -2.44. The van der Waals surface area contributed by atoms with Gasteiger partial charge in [-0.15, -0.1) is 0 Å². The number of hydrogen-bond donors (Lipinski definition) is 2. The Bertz CT molecular complexity index is 1600. The fraction of sp³-hybridized carbons (Fsp3) is 0.355. The predicted molar refractivity (Wildman–Crippen MR) is 152 cm³/mol. The quantitative estimate of drug-likeness (QED) is 0.408. The van der Waals surface area contributed by atoms with E-state index in [2.05, 4.69) is 16.4 Å². The van der Waals surface area contributed by atoms with Crippen molar-refractivity contribution in [3.05, 3.63) is 64.9 Å². The first kappa shape index (κ1) is 28.8. The Balaban J connectivity index is 1.37. The Labute approximate surface area is 242 Å². The molecule has 3 heterocycles. The number of nitriles is 1. The van der Waals surface area contributed by atoms with E-state index in [4.69, 9.17) is 15.2 Å². The van der Waals surface area contributed by atoms with Gasteiger partial charge in [0.05, 0.1) is 5.56 Å². The summed E-state index contributed by atoms with van der Waals surface area (Å²) < 4.78 is 41.8. The summed E-state index contributed by atoms with van der Waals surface area (Å²) in [5.41, 5.74) is 7.17. The number of ether oxygens (including phenoxy) is 2. The Morgan fingerprint density at radius 2 is 1.83 bits per heavy atom. The summed E-state index contributed by atoms with van der Waals surface area (Å²) in [6.07, 6.45) is 1.03. The van der Waals surface area contributed by atoms with Crippen molar-refractivity contribution in [2.75, 3.05) is 25.4 Å². The number of likely N-dealkylation sites (tertiary alicyclic amines) is 1. The molecule has 218 valence electrons. The molecule has 0 atom stereocenters. The van der Waals surface area contributed by atoms with E-state index >= 15 is 8.78 Å². The van der Waals surface area contributed by atoms with Crippen LogP contribution < -0.4 is 15.8 Å². The molecule has 0 radical (unpaired) electrons. The summed E-state index contributed by atoms with van der Waals surface area (Å²) in [6, 6.07) is 10.9. The van der Waals surface area contributed by atoms with Crippen molar-refractivity contribution in [3.63, 3.8) is 0 Å². The fourth-order valence-corrected chi connectivity index (χ4v) is 5.12. The van der Waals surface area contributed by atoms with Gasteiger partial charge in [0.15, 0.2) is 0 Å². The van der Waals surface area contributed by atoms with Gasteiger partial charge in [-0.2, -0.15) is 9.65 Å². The third-order valence-electron chi connectivity index (χ3n) is 7.21. The van der Waals surface area contributed by atoms with Crippen LogP contribution in [0.3, 0.4) is 0 Å². The maximum absolute atomic E-state index is 15.1. The highest BCUT2D eigenvalue weighted by atomic mass is 19.1. The van der Waals surface area contributed by atoms with E-state index in [1.54, 1.807) is 23.1 Å². The number of halogens is 2. The van der Waals surface area contributed by atoms with E-state index in [1.165, 1.54) is 12.1 Å². The van der Waals surface area contributed by atoms with Crippen LogP contribution in [0.5, 0.6) is 5.75 Å². The van der Waals surface area contributed by atoms with E-state index in [0.29, 0.717) is 55.8 Å². The van der Waals surface area contributed by atoms with Crippen LogP contribution >= 0.6 is 0 Å². The average Bonchev–Trinajstić information content (AvgIpc) is 2.93. The van der Waals surface area contributed by atoms with Gasteiger partial charge in [-0.3, -0.25) is 4.79 Å². The molecule has 3 aromatic rings. The maximum atomic E-state index is 15.1. The molecule has 9 nitrogen and oxygen atoms in total. The first-order valence-electron chi connectivity index (χ1n) is 13.7. The lowest BCUT2D eigenvalue weighted by Gasteiger charge is -2.33. The zero-order chi connectivity index (χ0) is 30.2. The number of nitrogens with two attached hydrogens (primary N) is 1. The molecule has 1 aromatic heterocycles. The summed E-state index contributed by atoms with van der Waals surface area (Å²) in [5, 5.41) is 12.5. The lowest BCUT2D eigenvalue weighted by molar-refractivity contribution is 0.0126. The minimum Gasteiger partial charge on any atom is -0.489 e. The molecule has 0 saturated carbocycles. The highest BCUT2D eigenvalue weighted by molar-refractivity contribution is 5.97. The number of benzene rings is 2. The monoisotopic (exact) mass is 575 g/mol. The summed E-state index contributed by atoms with van der Waals surface area (Å²) in [5.74, 6) is -1.78. The largest absolute Gasteiger partial charge is 0.489 e. The third-order valence-corrected chi connectivity index (χ3v) is 7.21. The average molecular weight is 576 g/mol. The minimum atomic E-state index is -0.874. The second-order valence-electron chi connectivity index (χ2n) is 11.4. The number of nitrogen functional groups attached to an aromatic ring is 1. The number of fused-ring (bicyclic) bond motifs is 1. The van der Waals surface area contributed by atoms with Gasteiger partial charge < -0.3 is 25.4 Å². The van der Waals surface area contributed by atoms with Gasteiger partial charge in [-0.25, -0.2) is 14.2 Å². The van der Waals surface area contributed by atoms with Crippen LogP contribution in [0.4, 0.5) is 19.4 Å². The molecule has 1 fully saturated rings. The van der Waals surface area contributed by atoms with E-state index < -0.39 is 17.4 Å². The molecule has 2 aliphatic heterocycles. The highest BCUT2D eigenvalue weighted by Crippen LogP contribution is 2.36. The maximum Gasteiger partial charge on any atom is 0.410 e. The molecule has 2 amide bonds. The molecule has 2 aliphatic rings. The van der Waals surface area contributed by atoms with Crippen LogP contribution in [-0.4, -0.2) is 53.2 Å². The second-order valence-corrected chi connectivity index (χ2v) is 11.4. The molecule has 3 N–H and O–H groups in total. The number of aromatic nitrogens is 1. The second kappa shape index (κ2) is 11.3. The number of amides is 2. The van der Waals surface area contributed by atoms with Gasteiger partial charge in [0.2, 0.25) is 5.95 Å². The number of nitrogens with zero attached hydrogens (tertiary/aromatic N) is 3. The van der Waals surface area contributed by atoms with Crippen molar-refractivity contribution in [1.82, 2.24) is 15.2 Å². The minimum absolute atomic E-state index is 0.0304. The van der Waals surface area contributed by atoms with Crippen molar-refractivity contribution < 1.29 is 27.8 Å². The number of carbonyl (C=O) groups is 2. The summed E-state index contributed by atoms with van der Waals surface area (Å²) in [6.45, 7) is 6.77. The van der Waals surface area contributed by atoms with Crippen molar-refractivity contribution in [2.45, 2.75) is 51.7 Å². The molecule has 11 heteroatoms. The van der Waals surface area contributed by atoms with Crippen LogP contribution in [0, 0.1) is 23.1 Å². The number of nitrogens with one attached hydrogen (secondary N) is 1. The van der Waals surface area contributed by atoms with E-state index in [1.807, 2.05) is 20.8 Å². The predicted octanol–water partition coefficient (Wildman–Crippen LogP) is 5.21. The van der Waals surface area contributed by atoms with Crippen LogP contribution in [0.2, 0.25) is 0 Å². The number of anilines is 1. The molecule has 1 saturated heterocycles. The zero-order valence-electron chi connectivity index (χ0n) is 23.6. The number of carbonyl (C=O) groups excluding carboxylic acids is 2. The molecule has 0 bridgehead atoms. The van der Waals surface area contributed by atoms with Crippen LogP contribution in [0.15, 0.2) is 36.4 Å². The van der Waals surface area contributed by atoms with Crippen LogP contribution in [-0.2, 0) is 11.2 Å². The molecule has 0 aliphatic carbocycles. The van der Waals surface area contributed by atoms with E-state index in [9.17, 15) is 14.9 Å². The van der Waals surface area contributed by atoms with Crippen LogP contribution in [0.25, 0.3) is 22.3 Å². The highest BCUT2D eigenvalue weighted by Gasteiger charge is 2.28. The summed E-state index contributed by atoms with van der Waals surface area (Å²) in [4.78, 5) is 29.9. The lowest BCUT2D eigenvalue weighted by atomic mass is 9.93. The first-order valence-corrected chi connectivity index (χ1v) is 13.7.